The van der Waals surface area contributed by atoms with Gasteiger partial charge in [-0.2, -0.15) is 0 Å². The van der Waals surface area contributed by atoms with Crippen molar-refractivity contribution in [3.8, 4) is 0 Å². The molecule has 1 aromatic heterocycles. The Morgan fingerprint density at radius 1 is 1.33 bits per heavy atom. The van der Waals surface area contributed by atoms with E-state index in [9.17, 15) is 9.59 Å². The van der Waals surface area contributed by atoms with E-state index in [0.29, 0.717) is 12.0 Å². The maximum Gasteiger partial charge on any atom is 0.228 e. The summed E-state index contributed by atoms with van der Waals surface area (Å²) in [5.41, 5.74) is 2.11. The molecule has 0 aliphatic rings. The molecule has 0 fully saturated rings. The molecule has 0 radical (unpaired) electrons. The van der Waals surface area contributed by atoms with Crippen molar-refractivity contribution in [1.82, 2.24) is 9.55 Å². The normalized spacial score (nSPS) is 11.1. The fourth-order valence-corrected chi connectivity index (χ4v) is 1.90. The van der Waals surface area contributed by atoms with E-state index in [4.69, 9.17) is 0 Å². The van der Waals surface area contributed by atoms with E-state index < -0.39 is 5.78 Å². The maximum atomic E-state index is 11.9. The fourth-order valence-electron chi connectivity index (χ4n) is 1.90. The molecule has 0 bridgehead atoms. The number of imidazole rings is 1. The van der Waals surface area contributed by atoms with Crippen LogP contribution in [0.3, 0.4) is 0 Å². The lowest BCUT2D eigenvalue weighted by molar-refractivity contribution is -0.115. The van der Waals surface area contributed by atoms with E-state index in [1.807, 2.05) is 31.5 Å². The van der Waals surface area contributed by atoms with E-state index in [1.165, 1.54) is 0 Å². The number of Topliss-reactive ketones (excluding diaryl/α,β-unsaturated/α-hetero) is 2. The average molecular weight is 244 g/mol. The maximum absolute atomic E-state index is 11.9. The number of carbonyl (C=O) groups excluding carboxylic acids is 2. The zero-order valence-electron chi connectivity index (χ0n) is 10.8. The van der Waals surface area contributed by atoms with Gasteiger partial charge in [-0.25, -0.2) is 4.98 Å². The highest BCUT2D eigenvalue weighted by Crippen LogP contribution is 2.15. The van der Waals surface area contributed by atoms with Crippen molar-refractivity contribution in [2.75, 3.05) is 0 Å². The quantitative estimate of drug-likeness (QED) is 0.613. The van der Waals surface area contributed by atoms with Gasteiger partial charge in [-0.3, -0.25) is 9.59 Å². The SMILES string of the molecule is CC(C)CC(=O)C(=O)c1ccc2c(c1)ncn2C. The first kappa shape index (κ1) is 12.5. The lowest BCUT2D eigenvalue weighted by atomic mass is 10.00. The number of carbonyl (C=O) groups is 2. The Morgan fingerprint density at radius 2 is 2.06 bits per heavy atom. The van der Waals surface area contributed by atoms with Gasteiger partial charge in [0, 0.05) is 19.0 Å². The molecule has 4 nitrogen and oxygen atoms in total. The number of benzene rings is 1. The molecule has 0 spiro atoms. The van der Waals surface area contributed by atoms with Crippen molar-refractivity contribution in [3.05, 3.63) is 30.1 Å². The van der Waals surface area contributed by atoms with Crippen LogP contribution in [0.15, 0.2) is 24.5 Å². The molecule has 0 atom stereocenters. The summed E-state index contributed by atoms with van der Waals surface area (Å²) in [6.45, 7) is 3.85. The van der Waals surface area contributed by atoms with Crippen molar-refractivity contribution >= 4 is 22.6 Å². The van der Waals surface area contributed by atoms with Crippen LogP contribution in [0.4, 0.5) is 0 Å². The van der Waals surface area contributed by atoms with Crippen LogP contribution in [-0.4, -0.2) is 21.1 Å². The van der Waals surface area contributed by atoms with Crippen LogP contribution >= 0.6 is 0 Å². The predicted molar refractivity (Wildman–Crippen MR) is 69.5 cm³/mol. The van der Waals surface area contributed by atoms with Gasteiger partial charge >= 0.3 is 0 Å². The van der Waals surface area contributed by atoms with E-state index in [2.05, 4.69) is 4.98 Å². The van der Waals surface area contributed by atoms with Gasteiger partial charge in [0.25, 0.3) is 0 Å². The standard InChI is InChI=1S/C14H16N2O2/c1-9(2)6-13(17)14(18)10-4-5-12-11(7-10)15-8-16(12)3/h4-5,7-9H,6H2,1-3H3. The van der Waals surface area contributed by atoms with Crippen molar-refractivity contribution in [2.45, 2.75) is 20.3 Å². The molecular weight excluding hydrogens is 228 g/mol. The Balaban J connectivity index is 2.31. The number of rotatable bonds is 4. The third kappa shape index (κ3) is 2.32. The van der Waals surface area contributed by atoms with Crippen molar-refractivity contribution < 1.29 is 9.59 Å². The van der Waals surface area contributed by atoms with Crippen LogP contribution in [0, 0.1) is 5.92 Å². The molecule has 2 aromatic rings. The van der Waals surface area contributed by atoms with Gasteiger partial charge in [-0.15, -0.1) is 0 Å². The van der Waals surface area contributed by atoms with E-state index >= 15 is 0 Å². The molecule has 18 heavy (non-hydrogen) atoms. The second kappa shape index (κ2) is 4.72. The minimum absolute atomic E-state index is 0.194. The Labute approximate surface area is 106 Å². The van der Waals surface area contributed by atoms with Crippen LogP contribution in [0.25, 0.3) is 11.0 Å². The molecule has 1 aromatic carbocycles. The minimum Gasteiger partial charge on any atom is -0.334 e. The summed E-state index contributed by atoms with van der Waals surface area (Å²) in [5, 5.41) is 0. The number of fused-ring (bicyclic) bond motifs is 1. The van der Waals surface area contributed by atoms with Crippen LogP contribution in [0.5, 0.6) is 0 Å². The lowest BCUT2D eigenvalue weighted by Crippen LogP contribution is -2.16. The number of nitrogens with zero attached hydrogens (tertiary/aromatic N) is 2. The van der Waals surface area contributed by atoms with Crippen LogP contribution in [0.2, 0.25) is 0 Å². The summed E-state index contributed by atoms with van der Waals surface area (Å²) in [6, 6.07) is 5.18. The molecular formula is C14H16N2O2. The fraction of sp³-hybridized carbons (Fsp3) is 0.357. The Kier molecular flexibility index (Phi) is 3.28. The zero-order valence-corrected chi connectivity index (χ0v) is 10.8. The first-order valence-corrected chi connectivity index (χ1v) is 5.97. The van der Waals surface area contributed by atoms with Crippen LogP contribution < -0.4 is 0 Å². The summed E-state index contributed by atoms with van der Waals surface area (Å²) < 4.78 is 1.87. The number of hydrogen-bond donors (Lipinski definition) is 0. The van der Waals surface area contributed by atoms with Crippen molar-refractivity contribution in [1.29, 1.82) is 0 Å². The van der Waals surface area contributed by atoms with Gasteiger partial charge in [0.05, 0.1) is 17.4 Å². The molecule has 0 N–H and O–H groups in total. The largest absolute Gasteiger partial charge is 0.334 e. The summed E-state index contributed by atoms with van der Waals surface area (Å²) in [5.74, 6) is -0.559. The Bertz CT molecular complexity index is 611. The number of ketones is 2. The smallest absolute Gasteiger partial charge is 0.228 e. The summed E-state index contributed by atoms with van der Waals surface area (Å²) in [7, 11) is 1.89. The molecule has 2 rings (SSSR count). The summed E-state index contributed by atoms with van der Waals surface area (Å²) in [6.07, 6.45) is 1.98. The first-order valence-electron chi connectivity index (χ1n) is 5.97. The molecule has 0 amide bonds. The molecule has 0 aliphatic carbocycles. The van der Waals surface area contributed by atoms with E-state index in [0.717, 1.165) is 11.0 Å². The van der Waals surface area contributed by atoms with Gasteiger partial charge in [0.1, 0.15) is 0 Å². The van der Waals surface area contributed by atoms with Gasteiger partial charge in [0.15, 0.2) is 0 Å². The highest BCUT2D eigenvalue weighted by atomic mass is 16.2. The van der Waals surface area contributed by atoms with Gasteiger partial charge in [-0.05, 0) is 24.1 Å². The highest BCUT2D eigenvalue weighted by molar-refractivity contribution is 6.43. The summed E-state index contributed by atoms with van der Waals surface area (Å²) >= 11 is 0. The molecule has 0 aliphatic heterocycles. The lowest BCUT2D eigenvalue weighted by Gasteiger charge is -2.03. The first-order chi connectivity index (χ1) is 8.49. The molecule has 4 heteroatoms. The molecule has 1 heterocycles. The third-order valence-corrected chi connectivity index (χ3v) is 2.83. The third-order valence-electron chi connectivity index (χ3n) is 2.83. The minimum atomic E-state index is -0.420. The van der Waals surface area contributed by atoms with Crippen LogP contribution in [-0.2, 0) is 11.8 Å². The van der Waals surface area contributed by atoms with E-state index in [1.54, 1.807) is 18.5 Å². The van der Waals surface area contributed by atoms with Crippen molar-refractivity contribution in [3.63, 3.8) is 0 Å². The number of hydrogen-bond acceptors (Lipinski definition) is 3. The van der Waals surface area contributed by atoms with Gasteiger partial charge in [0.2, 0.25) is 11.6 Å². The predicted octanol–water partition coefficient (Wildman–Crippen LogP) is 2.37. The second-order valence-corrected chi connectivity index (χ2v) is 4.91. The monoisotopic (exact) mass is 244 g/mol. The van der Waals surface area contributed by atoms with Crippen molar-refractivity contribution in [2.24, 2.45) is 13.0 Å². The van der Waals surface area contributed by atoms with Gasteiger partial charge in [-0.1, -0.05) is 13.8 Å². The molecule has 94 valence electrons. The molecule has 0 saturated carbocycles. The Morgan fingerprint density at radius 3 is 2.72 bits per heavy atom. The van der Waals surface area contributed by atoms with E-state index in [-0.39, 0.29) is 11.7 Å². The topological polar surface area (TPSA) is 52.0 Å². The highest BCUT2D eigenvalue weighted by Gasteiger charge is 2.18. The zero-order chi connectivity index (χ0) is 13.3. The Hall–Kier alpha value is -1.97. The molecule has 0 saturated heterocycles. The molecule has 0 unspecified atom stereocenters. The van der Waals surface area contributed by atoms with Gasteiger partial charge < -0.3 is 4.57 Å². The number of aryl methyl sites for hydroxylation is 1. The average Bonchev–Trinajstić information content (AvgIpc) is 2.69. The van der Waals surface area contributed by atoms with Crippen LogP contribution in [0.1, 0.15) is 30.6 Å². The summed E-state index contributed by atoms with van der Waals surface area (Å²) in [4.78, 5) is 27.8. The number of aromatic nitrogens is 2. The second-order valence-electron chi connectivity index (χ2n) is 4.91.